The molecule has 20 heavy (non-hydrogen) atoms. The Hall–Kier alpha value is -0.610. The van der Waals surface area contributed by atoms with E-state index in [0.29, 0.717) is 5.92 Å². The van der Waals surface area contributed by atoms with Crippen LogP contribution in [0.15, 0.2) is 34.8 Å². The van der Waals surface area contributed by atoms with E-state index in [9.17, 15) is 0 Å². The zero-order chi connectivity index (χ0) is 14.5. The minimum Gasteiger partial charge on any atom is -0.272 e. The van der Waals surface area contributed by atoms with Gasteiger partial charge in [0.2, 0.25) is 0 Å². The van der Waals surface area contributed by atoms with Crippen molar-refractivity contribution in [3.05, 3.63) is 51.8 Å². The first-order valence-electron chi connectivity index (χ1n) is 6.94. The third-order valence-corrected chi connectivity index (χ3v) is 4.99. The average molecular weight is 400 g/mol. The summed E-state index contributed by atoms with van der Waals surface area (Å²) in [5, 5.41) is 5.54. The molecule has 0 N–H and O–H groups in total. The van der Waals surface area contributed by atoms with Crippen LogP contribution in [-0.4, -0.2) is 15.1 Å². The molecule has 0 bridgehead atoms. The molecule has 2 rings (SSSR count). The highest BCUT2D eigenvalue weighted by atomic mass is 79.9. The van der Waals surface area contributed by atoms with Crippen LogP contribution >= 0.6 is 31.9 Å². The molecule has 1 atom stereocenters. The monoisotopic (exact) mass is 398 g/mol. The Morgan fingerprint density at radius 2 is 1.90 bits per heavy atom. The van der Waals surface area contributed by atoms with Crippen molar-refractivity contribution in [2.75, 3.05) is 5.33 Å². The molecule has 0 spiro atoms. The second-order valence-corrected chi connectivity index (χ2v) is 6.72. The van der Waals surface area contributed by atoms with Crippen LogP contribution in [0.25, 0.3) is 0 Å². The smallest absolute Gasteiger partial charge is 0.0624 e. The predicted octanol–water partition coefficient (Wildman–Crippen LogP) is 4.54. The number of benzene rings is 1. The number of rotatable bonds is 6. The van der Waals surface area contributed by atoms with Gasteiger partial charge in [-0.1, -0.05) is 50.9 Å². The van der Waals surface area contributed by atoms with E-state index in [1.54, 1.807) is 0 Å². The van der Waals surface area contributed by atoms with E-state index in [1.165, 1.54) is 17.0 Å². The Morgan fingerprint density at radius 1 is 1.20 bits per heavy atom. The number of hydrogen-bond donors (Lipinski definition) is 0. The van der Waals surface area contributed by atoms with Crippen LogP contribution in [0.1, 0.15) is 23.9 Å². The lowest BCUT2D eigenvalue weighted by molar-refractivity contribution is 0.556. The van der Waals surface area contributed by atoms with E-state index in [2.05, 4.69) is 74.2 Å². The van der Waals surface area contributed by atoms with E-state index in [0.717, 1.165) is 29.1 Å². The van der Waals surface area contributed by atoms with Crippen LogP contribution in [0.4, 0.5) is 0 Å². The fourth-order valence-corrected chi connectivity index (χ4v) is 3.09. The molecule has 1 unspecified atom stereocenters. The minimum atomic E-state index is 0.594. The summed E-state index contributed by atoms with van der Waals surface area (Å²) in [6, 6.07) is 10.8. The summed E-state index contributed by atoms with van der Waals surface area (Å²) in [6.07, 6.45) is 3.15. The van der Waals surface area contributed by atoms with Gasteiger partial charge in [0.25, 0.3) is 0 Å². The highest BCUT2D eigenvalue weighted by Gasteiger charge is 2.13. The molecule has 0 radical (unpaired) electrons. The van der Waals surface area contributed by atoms with Gasteiger partial charge < -0.3 is 0 Å². The van der Waals surface area contributed by atoms with Crippen molar-refractivity contribution in [3.8, 4) is 0 Å². The highest BCUT2D eigenvalue weighted by molar-refractivity contribution is 9.10. The zero-order valence-corrected chi connectivity index (χ0v) is 15.1. The Kier molecular flexibility index (Phi) is 5.85. The third kappa shape index (κ3) is 4.19. The summed E-state index contributed by atoms with van der Waals surface area (Å²) in [4.78, 5) is 0. The summed E-state index contributed by atoms with van der Waals surface area (Å²) in [5.41, 5.74) is 3.89. The standard InChI is InChI=1S/C16H20Br2N2/c1-3-15-10-16(20(2)19-15)9-13(11-17)8-12-4-6-14(18)7-5-12/h4-7,10,13H,3,8-9,11H2,1-2H3. The Morgan fingerprint density at radius 3 is 2.45 bits per heavy atom. The third-order valence-electron chi connectivity index (χ3n) is 3.54. The molecule has 4 heteroatoms. The lowest BCUT2D eigenvalue weighted by Crippen LogP contribution is -2.12. The fourth-order valence-electron chi connectivity index (χ4n) is 2.37. The molecule has 1 aromatic carbocycles. The first kappa shape index (κ1) is 15.8. The molecule has 1 heterocycles. The van der Waals surface area contributed by atoms with Gasteiger partial charge in [-0.25, -0.2) is 0 Å². The molecular weight excluding hydrogens is 380 g/mol. The number of halogens is 2. The highest BCUT2D eigenvalue weighted by Crippen LogP contribution is 2.19. The molecule has 0 aliphatic heterocycles. The number of aryl methyl sites for hydroxylation is 2. The van der Waals surface area contributed by atoms with Crippen LogP contribution in [-0.2, 0) is 26.3 Å². The SMILES string of the molecule is CCc1cc(CC(CBr)Cc2ccc(Br)cc2)n(C)n1. The van der Waals surface area contributed by atoms with Gasteiger partial charge in [-0.15, -0.1) is 0 Å². The van der Waals surface area contributed by atoms with Crippen LogP contribution in [0.2, 0.25) is 0 Å². The molecule has 2 aromatic rings. The number of nitrogens with zero attached hydrogens (tertiary/aromatic N) is 2. The Labute approximate surface area is 137 Å². The van der Waals surface area contributed by atoms with Gasteiger partial charge in [-0.05, 0) is 48.9 Å². The number of alkyl halides is 1. The summed E-state index contributed by atoms with van der Waals surface area (Å²) < 4.78 is 3.16. The molecular formula is C16H20Br2N2. The van der Waals surface area contributed by atoms with Crippen molar-refractivity contribution >= 4 is 31.9 Å². The van der Waals surface area contributed by atoms with E-state index in [-0.39, 0.29) is 0 Å². The van der Waals surface area contributed by atoms with Gasteiger partial charge in [0, 0.05) is 22.5 Å². The Bertz CT molecular complexity index is 546. The van der Waals surface area contributed by atoms with Crippen LogP contribution < -0.4 is 0 Å². The molecule has 0 fully saturated rings. The van der Waals surface area contributed by atoms with Crippen molar-refractivity contribution in [3.63, 3.8) is 0 Å². The zero-order valence-electron chi connectivity index (χ0n) is 11.9. The fraction of sp³-hybridized carbons (Fsp3) is 0.438. The first-order chi connectivity index (χ1) is 9.62. The number of aromatic nitrogens is 2. The van der Waals surface area contributed by atoms with Gasteiger partial charge in [0.05, 0.1) is 5.69 Å². The number of hydrogen-bond acceptors (Lipinski definition) is 1. The van der Waals surface area contributed by atoms with E-state index in [4.69, 9.17) is 0 Å². The Balaban J connectivity index is 2.04. The second kappa shape index (κ2) is 7.41. The summed E-state index contributed by atoms with van der Waals surface area (Å²) in [7, 11) is 2.04. The van der Waals surface area contributed by atoms with Crippen LogP contribution in [0, 0.1) is 5.92 Å². The lowest BCUT2D eigenvalue weighted by atomic mass is 9.96. The van der Waals surface area contributed by atoms with Crippen LogP contribution in [0.3, 0.4) is 0 Å². The van der Waals surface area contributed by atoms with E-state index in [1.807, 2.05) is 11.7 Å². The molecule has 0 aliphatic rings. The molecule has 0 aliphatic carbocycles. The van der Waals surface area contributed by atoms with Gasteiger partial charge in [0.15, 0.2) is 0 Å². The maximum absolute atomic E-state index is 4.53. The van der Waals surface area contributed by atoms with Gasteiger partial charge in [-0.2, -0.15) is 5.10 Å². The quantitative estimate of drug-likeness (QED) is 0.652. The van der Waals surface area contributed by atoms with Crippen LogP contribution in [0.5, 0.6) is 0 Å². The van der Waals surface area contributed by atoms with E-state index < -0.39 is 0 Å². The maximum Gasteiger partial charge on any atom is 0.0624 e. The topological polar surface area (TPSA) is 17.8 Å². The van der Waals surface area contributed by atoms with Crippen molar-refractivity contribution in [1.82, 2.24) is 9.78 Å². The molecule has 108 valence electrons. The summed E-state index contributed by atoms with van der Waals surface area (Å²) >= 11 is 7.14. The summed E-state index contributed by atoms with van der Waals surface area (Å²) in [6.45, 7) is 2.15. The van der Waals surface area contributed by atoms with Gasteiger partial charge in [0.1, 0.15) is 0 Å². The normalized spacial score (nSPS) is 12.6. The lowest BCUT2D eigenvalue weighted by Gasteiger charge is -2.14. The van der Waals surface area contributed by atoms with Gasteiger partial charge in [-0.3, -0.25) is 4.68 Å². The van der Waals surface area contributed by atoms with Crippen molar-refractivity contribution in [2.24, 2.45) is 13.0 Å². The first-order valence-corrected chi connectivity index (χ1v) is 8.86. The minimum absolute atomic E-state index is 0.594. The molecule has 1 aromatic heterocycles. The molecule has 2 nitrogen and oxygen atoms in total. The van der Waals surface area contributed by atoms with Crippen molar-refractivity contribution < 1.29 is 0 Å². The maximum atomic E-state index is 4.53. The summed E-state index contributed by atoms with van der Waals surface area (Å²) in [5.74, 6) is 0.594. The average Bonchev–Trinajstić information content (AvgIpc) is 2.81. The molecule has 0 saturated heterocycles. The second-order valence-electron chi connectivity index (χ2n) is 5.16. The predicted molar refractivity (Wildman–Crippen MR) is 91.4 cm³/mol. The van der Waals surface area contributed by atoms with E-state index >= 15 is 0 Å². The molecule has 0 saturated carbocycles. The largest absolute Gasteiger partial charge is 0.272 e. The van der Waals surface area contributed by atoms with Crippen molar-refractivity contribution in [1.29, 1.82) is 0 Å². The molecule has 0 amide bonds. The van der Waals surface area contributed by atoms with Gasteiger partial charge >= 0.3 is 0 Å². The van der Waals surface area contributed by atoms with Crippen molar-refractivity contribution in [2.45, 2.75) is 26.2 Å².